The number of nitrogens with one attached hydrogen (secondary N) is 2. The second-order valence-electron chi connectivity index (χ2n) is 14.9. The summed E-state index contributed by atoms with van der Waals surface area (Å²) in [6.45, 7) is 2.18. The molecule has 11 N–H and O–H groups in total. The molecule has 0 radical (unpaired) electrons. The summed E-state index contributed by atoms with van der Waals surface area (Å²) in [5.41, 5.74) is 14.3. The fourth-order valence-electron chi connectivity index (χ4n) is 8.64. The average molecular weight is 769 g/mol. The van der Waals surface area contributed by atoms with Gasteiger partial charge >= 0.3 is 5.97 Å². The second kappa shape index (κ2) is 15.5. The van der Waals surface area contributed by atoms with Gasteiger partial charge in [0, 0.05) is 54.1 Å². The molecule has 1 aromatic heterocycles. The standard InChI is InChI=1S/C42H48N4O10/c1-3-22(18-47)41(53)55-32-16-29-37(52)35-31(51)15-26(19-48)54-39(35)36-34(30(20-49)23-5-4-6-25(50)14-23)27-11-12-45-40(44)28(27)9-8-24(42(32,2)56-38(29)36)13-21-7-10-33(43)46-17-21/h3-7,10-11,14-15,17,24,30,32-34,45-50,52H,8-9,12-13,16,18-20,43-44H2,1-2H3. The quantitative estimate of drug-likeness (QED) is 0.112. The summed E-state index contributed by atoms with van der Waals surface area (Å²) >= 11 is 0. The van der Waals surface area contributed by atoms with E-state index < -0.39 is 66.4 Å². The van der Waals surface area contributed by atoms with Crippen LogP contribution in [0, 0.1) is 5.92 Å². The zero-order valence-electron chi connectivity index (χ0n) is 31.2. The van der Waals surface area contributed by atoms with Gasteiger partial charge in [0.05, 0.1) is 30.8 Å². The van der Waals surface area contributed by atoms with E-state index in [0.717, 1.165) is 22.8 Å². The van der Waals surface area contributed by atoms with E-state index in [1.54, 1.807) is 25.1 Å². The maximum absolute atomic E-state index is 13.9. The molecule has 6 unspecified atom stereocenters. The van der Waals surface area contributed by atoms with E-state index in [1.807, 2.05) is 31.4 Å². The number of phenolic OH excluding ortho intramolecular Hbond substituents is 2. The average Bonchev–Trinajstić information content (AvgIpc) is 3.17. The van der Waals surface area contributed by atoms with E-state index in [0.29, 0.717) is 42.8 Å². The molecule has 4 aliphatic heterocycles. The number of nitrogens with two attached hydrogens (primary N) is 2. The third kappa shape index (κ3) is 6.83. The molecule has 3 aromatic rings. The number of carbonyl (C=O) groups is 1. The van der Waals surface area contributed by atoms with Crippen LogP contribution in [-0.4, -0.2) is 69.1 Å². The number of hydrogen-bond donors (Lipinski definition) is 9. The maximum Gasteiger partial charge on any atom is 0.336 e. The van der Waals surface area contributed by atoms with E-state index in [4.69, 9.17) is 25.4 Å². The van der Waals surface area contributed by atoms with Gasteiger partial charge in [-0.2, -0.15) is 0 Å². The van der Waals surface area contributed by atoms with Crippen molar-refractivity contribution >= 4 is 16.9 Å². The molecule has 296 valence electrons. The van der Waals surface area contributed by atoms with E-state index >= 15 is 0 Å². The van der Waals surface area contributed by atoms with Crippen LogP contribution in [0.4, 0.5) is 0 Å². The number of carbonyl (C=O) groups excluding carboxylic acids is 1. The Labute approximate surface area is 323 Å². The van der Waals surface area contributed by atoms with Crippen molar-refractivity contribution in [2.24, 2.45) is 17.4 Å². The second-order valence-corrected chi connectivity index (χ2v) is 14.9. The molecule has 2 bridgehead atoms. The SMILES string of the molecule is CC=C(CO)C(=O)OC1Cc2c3c(c4oc(CO)cc(=O)c4c2O)C(C(CO)c2cccc(O)c2)C2=CCNC(N)=C2CCC(CC2=CNC(N)C=C2)C1(C)O3. The minimum atomic E-state index is -1.34. The third-order valence-corrected chi connectivity index (χ3v) is 11.7. The van der Waals surface area contributed by atoms with Crippen LogP contribution < -0.4 is 32.3 Å². The van der Waals surface area contributed by atoms with Gasteiger partial charge < -0.3 is 61.5 Å². The Bertz CT molecular complexity index is 2270. The van der Waals surface area contributed by atoms with Crippen LogP contribution >= 0.6 is 0 Å². The molecule has 0 spiro atoms. The minimum absolute atomic E-state index is 0.0247. The summed E-state index contributed by atoms with van der Waals surface area (Å²) in [6.07, 6.45) is 8.80. The van der Waals surface area contributed by atoms with E-state index in [-0.39, 0.29) is 52.0 Å². The van der Waals surface area contributed by atoms with E-state index in [9.17, 15) is 35.1 Å². The van der Waals surface area contributed by atoms with Crippen molar-refractivity contribution in [2.45, 2.75) is 75.8 Å². The van der Waals surface area contributed by atoms with Crippen molar-refractivity contribution in [2.75, 3.05) is 19.8 Å². The minimum Gasteiger partial charge on any atom is -0.508 e. The summed E-state index contributed by atoms with van der Waals surface area (Å²) < 4.78 is 19.8. The number of hydrogen-bond acceptors (Lipinski definition) is 14. The Morgan fingerprint density at radius 1 is 1.20 bits per heavy atom. The highest BCUT2D eigenvalue weighted by molar-refractivity contribution is 5.92. The zero-order chi connectivity index (χ0) is 39.9. The van der Waals surface area contributed by atoms with Crippen molar-refractivity contribution in [3.63, 3.8) is 0 Å². The van der Waals surface area contributed by atoms with Crippen LogP contribution in [0.15, 0.2) is 98.2 Å². The fourth-order valence-corrected chi connectivity index (χ4v) is 8.64. The van der Waals surface area contributed by atoms with Crippen molar-refractivity contribution < 1.29 is 44.2 Å². The maximum atomic E-state index is 13.9. The van der Waals surface area contributed by atoms with Crippen molar-refractivity contribution in [3.05, 3.63) is 122 Å². The Kier molecular flexibility index (Phi) is 10.7. The molecule has 14 nitrogen and oxygen atoms in total. The molecule has 14 heteroatoms. The Balaban J connectivity index is 1.58. The van der Waals surface area contributed by atoms with Crippen LogP contribution in [0.1, 0.15) is 67.4 Å². The van der Waals surface area contributed by atoms with Crippen LogP contribution in [0.2, 0.25) is 0 Å². The predicted molar refractivity (Wildman–Crippen MR) is 207 cm³/mol. The van der Waals surface area contributed by atoms with Gasteiger partial charge in [-0.1, -0.05) is 30.4 Å². The lowest BCUT2D eigenvalue weighted by Crippen LogP contribution is -2.57. The zero-order valence-corrected chi connectivity index (χ0v) is 31.2. The van der Waals surface area contributed by atoms with E-state index in [1.165, 1.54) is 12.1 Å². The Hall–Kier alpha value is -5.54. The summed E-state index contributed by atoms with van der Waals surface area (Å²) in [7, 11) is 0. The molecule has 4 aliphatic rings. The number of fused-ring (bicyclic) bond motifs is 4. The van der Waals surface area contributed by atoms with E-state index in [2.05, 4.69) is 10.6 Å². The molecular formula is C42H48N4O10. The first-order valence-corrected chi connectivity index (χ1v) is 18.7. The number of aliphatic hydroxyl groups excluding tert-OH is 3. The first kappa shape index (κ1) is 38.7. The highest BCUT2D eigenvalue weighted by atomic mass is 16.6. The largest absolute Gasteiger partial charge is 0.508 e. The molecule has 0 amide bonds. The number of ether oxygens (including phenoxy) is 2. The normalized spacial score (nSPS) is 25.2. The first-order valence-electron chi connectivity index (χ1n) is 18.7. The number of benzene rings is 2. The molecule has 56 heavy (non-hydrogen) atoms. The summed E-state index contributed by atoms with van der Waals surface area (Å²) in [4.78, 5) is 27.6. The predicted octanol–water partition coefficient (Wildman–Crippen LogP) is 2.93. The highest BCUT2D eigenvalue weighted by Gasteiger charge is 2.53. The molecule has 0 fully saturated rings. The molecule has 7 rings (SSSR count). The smallest absolute Gasteiger partial charge is 0.336 e. The van der Waals surface area contributed by atoms with Gasteiger partial charge in [0.15, 0.2) is 5.43 Å². The number of dihydropyridines is 2. The number of esters is 1. The van der Waals surface area contributed by atoms with Gasteiger partial charge in [-0.05, 0) is 73.6 Å². The third-order valence-electron chi connectivity index (χ3n) is 11.7. The summed E-state index contributed by atoms with van der Waals surface area (Å²) in [6, 6.07) is 7.63. The van der Waals surface area contributed by atoms with Crippen LogP contribution in [0.5, 0.6) is 17.2 Å². The van der Waals surface area contributed by atoms with Crippen LogP contribution in [-0.2, 0) is 22.6 Å². The number of allylic oxidation sites excluding steroid dienone is 5. The lowest BCUT2D eigenvalue weighted by Gasteiger charge is -2.49. The Morgan fingerprint density at radius 2 is 2.00 bits per heavy atom. The molecule has 0 saturated heterocycles. The van der Waals surface area contributed by atoms with Crippen LogP contribution in [0.3, 0.4) is 0 Å². The molecule has 6 atom stereocenters. The topological polar surface area (TPSA) is 243 Å². The van der Waals surface area contributed by atoms with Gasteiger partial charge in [0.25, 0.3) is 0 Å². The van der Waals surface area contributed by atoms with Gasteiger partial charge in [0.1, 0.15) is 52.3 Å². The number of phenols is 2. The lowest BCUT2D eigenvalue weighted by atomic mass is 9.68. The molecule has 5 heterocycles. The monoisotopic (exact) mass is 768 g/mol. The van der Waals surface area contributed by atoms with Crippen molar-refractivity contribution in [3.8, 4) is 17.2 Å². The molecular weight excluding hydrogens is 720 g/mol. The molecule has 2 aromatic carbocycles. The number of aliphatic hydroxyl groups is 3. The van der Waals surface area contributed by atoms with Gasteiger partial charge in [-0.3, -0.25) is 4.79 Å². The summed E-state index contributed by atoms with van der Waals surface area (Å²) in [5, 5.41) is 60.5. The molecule has 0 saturated carbocycles. The summed E-state index contributed by atoms with van der Waals surface area (Å²) in [5.74, 6) is -2.76. The van der Waals surface area contributed by atoms with Gasteiger partial charge in [-0.15, -0.1) is 0 Å². The van der Waals surface area contributed by atoms with Crippen LogP contribution in [0.25, 0.3) is 11.0 Å². The number of rotatable bonds is 9. The highest BCUT2D eigenvalue weighted by Crippen LogP contribution is 2.57. The Morgan fingerprint density at radius 3 is 2.68 bits per heavy atom. The van der Waals surface area contributed by atoms with Crippen molar-refractivity contribution in [1.29, 1.82) is 0 Å². The lowest BCUT2D eigenvalue weighted by molar-refractivity contribution is -0.165. The molecule has 0 aliphatic carbocycles. The number of aromatic hydroxyl groups is 2. The fraction of sp³-hybridized carbons (Fsp3) is 0.381. The first-order chi connectivity index (χ1) is 26.9. The van der Waals surface area contributed by atoms with Crippen molar-refractivity contribution in [1.82, 2.24) is 10.6 Å². The van der Waals surface area contributed by atoms with Gasteiger partial charge in [0.2, 0.25) is 0 Å². The van der Waals surface area contributed by atoms with Gasteiger partial charge in [-0.25, -0.2) is 4.79 Å².